The third kappa shape index (κ3) is 4.97. The van der Waals surface area contributed by atoms with E-state index in [0.717, 1.165) is 25.7 Å². The van der Waals surface area contributed by atoms with Crippen molar-refractivity contribution in [2.24, 2.45) is 0 Å². The van der Waals surface area contributed by atoms with Crippen LogP contribution < -0.4 is 5.32 Å². The summed E-state index contributed by atoms with van der Waals surface area (Å²) in [7, 11) is -3.27. The molecule has 2 aromatic rings. The van der Waals surface area contributed by atoms with E-state index in [-0.39, 0.29) is 23.3 Å². The zero-order valence-corrected chi connectivity index (χ0v) is 15.5. The summed E-state index contributed by atoms with van der Waals surface area (Å²) in [5, 5.41) is 3.17. The molecule has 7 nitrogen and oxygen atoms in total. The Morgan fingerprint density at radius 2 is 2.32 bits per heavy atom. The van der Waals surface area contributed by atoms with Gasteiger partial charge >= 0.3 is 0 Å². The van der Waals surface area contributed by atoms with Gasteiger partial charge in [-0.3, -0.25) is 4.79 Å². The van der Waals surface area contributed by atoms with Gasteiger partial charge in [0.1, 0.15) is 0 Å². The number of benzene rings is 1. The maximum atomic E-state index is 12.0. The number of sulfone groups is 1. The van der Waals surface area contributed by atoms with E-state index in [1.54, 1.807) is 12.1 Å². The van der Waals surface area contributed by atoms with E-state index in [4.69, 9.17) is 9.47 Å². The van der Waals surface area contributed by atoms with Crippen molar-refractivity contribution < 1.29 is 22.7 Å². The summed E-state index contributed by atoms with van der Waals surface area (Å²) < 4.78 is 34.8. The highest BCUT2D eigenvalue weighted by atomic mass is 32.2. The number of fused-ring (bicyclic) bond motifs is 1. The normalized spacial score (nSPS) is 17.9. The van der Waals surface area contributed by atoms with Crippen molar-refractivity contribution in [3.63, 3.8) is 0 Å². The number of rotatable bonds is 7. The third-order valence-corrected chi connectivity index (χ3v) is 5.88. The first-order chi connectivity index (χ1) is 11.9. The molecule has 0 aliphatic carbocycles. The zero-order chi connectivity index (χ0) is 17.9. The molecule has 1 amide bonds. The summed E-state index contributed by atoms with van der Waals surface area (Å²) in [5.41, 5.74) is 0.655. The summed E-state index contributed by atoms with van der Waals surface area (Å²) in [6.07, 6.45) is 3.61. The van der Waals surface area contributed by atoms with Crippen molar-refractivity contribution in [2.75, 3.05) is 31.4 Å². The van der Waals surface area contributed by atoms with Crippen LogP contribution in [0.15, 0.2) is 23.1 Å². The fraction of sp³-hybridized carbons (Fsp3) is 0.500. The molecule has 0 saturated carbocycles. The number of ether oxygens (including phenoxy) is 2. The molecule has 1 unspecified atom stereocenters. The Labute approximate surface area is 150 Å². The first-order valence-corrected chi connectivity index (χ1v) is 10.7. The number of carbonyl (C=O) groups excluding carboxylic acids is 1. The molecular weight excluding hydrogens is 364 g/mol. The Morgan fingerprint density at radius 1 is 1.48 bits per heavy atom. The minimum absolute atomic E-state index is 0.149. The highest BCUT2D eigenvalue weighted by Gasteiger charge is 2.16. The standard InChI is InChI=1S/C16H20N2O5S2/c1-25(20,21)12-4-5-13-14(9-12)24-16(17-13)18-15(19)6-8-22-10-11-3-2-7-23-11/h4-5,9,11H,2-3,6-8,10H2,1H3,(H,17,18,19). The number of hydrogen-bond donors (Lipinski definition) is 1. The molecule has 1 atom stereocenters. The molecular formula is C16H20N2O5S2. The van der Waals surface area contributed by atoms with Crippen LogP contribution in [0.25, 0.3) is 10.2 Å². The molecule has 1 N–H and O–H groups in total. The molecule has 1 fully saturated rings. The van der Waals surface area contributed by atoms with Gasteiger partial charge in [-0.15, -0.1) is 0 Å². The lowest BCUT2D eigenvalue weighted by Gasteiger charge is -2.09. The lowest BCUT2D eigenvalue weighted by molar-refractivity contribution is -0.117. The van der Waals surface area contributed by atoms with Gasteiger partial charge in [0, 0.05) is 12.9 Å². The van der Waals surface area contributed by atoms with E-state index in [1.165, 1.54) is 17.4 Å². The van der Waals surface area contributed by atoms with Gasteiger partial charge in [-0.2, -0.15) is 0 Å². The molecule has 1 aliphatic heterocycles. The minimum atomic E-state index is -3.27. The van der Waals surface area contributed by atoms with E-state index in [1.807, 2.05) is 0 Å². The first-order valence-electron chi connectivity index (χ1n) is 8.02. The maximum absolute atomic E-state index is 12.0. The van der Waals surface area contributed by atoms with Crippen LogP contribution in [0.1, 0.15) is 19.3 Å². The minimum Gasteiger partial charge on any atom is -0.378 e. The second-order valence-corrected chi connectivity index (χ2v) is 8.98. The second-order valence-electron chi connectivity index (χ2n) is 5.93. The molecule has 1 aliphatic rings. The molecule has 0 radical (unpaired) electrons. The van der Waals surface area contributed by atoms with Crippen molar-refractivity contribution in [3.05, 3.63) is 18.2 Å². The van der Waals surface area contributed by atoms with Gasteiger partial charge in [0.2, 0.25) is 5.91 Å². The maximum Gasteiger partial charge on any atom is 0.228 e. The number of amides is 1. The number of anilines is 1. The molecule has 0 bridgehead atoms. The van der Waals surface area contributed by atoms with Crippen LogP contribution in [-0.2, 0) is 24.1 Å². The molecule has 0 spiro atoms. The zero-order valence-electron chi connectivity index (χ0n) is 13.9. The Bertz CT molecular complexity index is 857. The highest BCUT2D eigenvalue weighted by molar-refractivity contribution is 7.90. The Morgan fingerprint density at radius 3 is 3.04 bits per heavy atom. The van der Waals surface area contributed by atoms with Crippen LogP contribution in [0.4, 0.5) is 5.13 Å². The number of nitrogens with one attached hydrogen (secondary N) is 1. The van der Waals surface area contributed by atoms with E-state index < -0.39 is 9.84 Å². The summed E-state index contributed by atoms with van der Waals surface area (Å²) in [6, 6.07) is 4.73. The van der Waals surface area contributed by atoms with Crippen LogP contribution >= 0.6 is 11.3 Å². The van der Waals surface area contributed by atoms with Crippen LogP contribution in [0.3, 0.4) is 0 Å². The van der Waals surface area contributed by atoms with Gasteiger partial charge in [0.05, 0.1) is 40.9 Å². The molecule has 3 rings (SSSR count). The number of nitrogens with zero attached hydrogens (tertiary/aromatic N) is 1. The number of aromatic nitrogens is 1. The van der Waals surface area contributed by atoms with Crippen molar-refractivity contribution >= 4 is 42.4 Å². The van der Waals surface area contributed by atoms with E-state index in [9.17, 15) is 13.2 Å². The molecule has 9 heteroatoms. The third-order valence-electron chi connectivity index (χ3n) is 3.84. The molecule has 25 heavy (non-hydrogen) atoms. The van der Waals surface area contributed by atoms with E-state index in [2.05, 4.69) is 10.3 Å². The predicted octanol–water partition coefficient (Wildman–Crippen LogP) is 2.22. The van der Waals surface area contributed by atoms with Gasteiger partial charge in [-0.25, -0.2) is 13.4 Å². The Kier molecular flexibility index (Phi) is 5.67. The summed E-state index contributed by atoms with van der Waals surface area (Å²) in [4.78, 5) is 16.5. The smallest absolute Gasteiger partial charge is 0.228 e. The van der Waals surface area contributed by atoms with Gasteiger partial charge < -0.3 is 14.8 Å². The predicted molar refractivity (Wildman–Crippen MR) is 95.8 cm³/mol. The number of carbonyl (C=O) groups is 1. The summed E-state index contributed by atoms with van der Waals surface area (Å²) in [6.45, 7) is 1.63. The van der Waals surface area contributed by atoms with Gasteiger partial charge in [-0.1, -0.05) is 11.3 Å². The van der Waals surface area contributed by atoms with Gasteiger partial charge in [0.25, 0.3) is 0 Å². The van der Waals surface area contributed by atoms with Crippen molar-refractivity contribution in [2.45, 2.75) is 30.3 Å². The van der Waals surface area contributed by atoms with Crippen molar-refractivity contribution in [1.29, 1.82) is 0 Å². The second kappa shape index (κ2) is 7.77. The van der Waals surface area contributed by atoms with Crippen molar-refractivity contribution in [1.82, 2.24) is 4.98 Å². The Balaban J connectivity index is 1.52. The summed E-state index contributed by atoms with van der Waals surface area (Å²) in [5.74, 6) is -0.185. The molecule has 2 heterocycles. The van der Waals surface area contributed by atoms with Crippen LogP contribution in [-0.4, -0.2) is 51.5 Å². The quantitative estimate of drug-likeness (QED) is 0.736. The fourth-order valence-corrected chi connectivity index (χ4v) is 4.17. The molecule has 1 aromatic carbocycles. The van der Waals surface area contributed by atoms with Gasteiger partial charge in [0.15, 0.2) is 15.0 Å². The number of thiazole rings is 1. The van der Waals surface area contributed by atoms with E-state index >= 15 is 0 Å². The summed E-state index contributed by atoms with van der Waals surface area (Å²) >= 11 is 1.25. The van der Waals surface area contributed by atoms with Crippen LogP contribution in [0.5, 0.6) is 0 Å². The molecule has 1 aromatic heterocycles. The first kappa shape index (κ1) is 18.2. The van der Waals surface area contributed by atoms with Gasteiger partial charge in [-0.05, 0) is 31.0 Å². The Hall–Kier alpha value is -1.55. The molecule has 136 valence electrons. The van der Waals surface area contributed by atoms with Crippen LogP contribution in [0.2, 0.25) is 0 Å². The average Bonchev–Trinajstić information content (AvgIpc) is 3.18. The van der Waals surface area contributed by atoms with Crippen molar-refractivity contribution in [3.8, 4) is 0 Å². The lowest BCUT2D eigenvalue weighted by atomic mass is 10.2. The van der Waals surface area contributed by atoms with Crippen LogP contribution in [0, 0.1) is 0 Å². The topological polar surface area (TPSA) is 94.6 Å². The molecule has 1 saturated heterocycles. The average molecular weight is 384 g/mol. The monoisotopic (exact) mass is 384 g/mol. The largest absolute Gasteiger partial charge is 0.378 e. The SMILES string of the molecule is CS(=O)(=O)c1ccc2nc(NC(=O)CCOCC3CCCO3)sc2c1. The highest BCUT2D eigenvalue weighted by Crippen LogP contribution is 2.28. The lowest BCUT2D eigenvalue weighted by Crippen LogP contribution is -2.18. The number of hydrogen-bond acceptors (Lipinski definition) is 7. The van der Waals surface area contributed by atoms with E-state index in [0.29, 0.717) is 28.6 Å². The fourth-order valence-electron chi connectivity index (χ4n) is 2.53.